The van der Waals surface area contributed by atoms with Gasteiger partial charge < -0.3 is 10.4 Å². The van der Waals surface area contributed by atoms with Gasteiger partial charge in [-0.1, -0.05) is 24.3 Å². The number of rotatable bonds is 6. The molecule has 3 N–H and O–H groups in total. The first-order valence-corrected chi connectivity index (χ1v) is 9.90. The van der Waals surface area contributed by atoms with Crippen molar-refractivity contribution in [2.75, 3.05) is 10.3 Å². The largest absolute Gasteiger partial charge is 0.478 e. The Bertz CT molecular complexity index is 1280. The van der Waals surface area contributed by atoms with Gasteiger partial charge >= 0.3 is 12.1 Å². The lowest BCUT2D eigenvalue weighted by Crippen LogP contribution is -2.44. The SMILES string of the molecule is O=C(O)/C=C/c1cccc(-c2cnc(Nc3cccc(F)c3)nc2N2C=CC(C(F)(F)F)N2)c1. The minimum atomic E-state index is -4.51. The van der Waals surface area contributed by atoms with Crippen molar-refractivity contribution in [2.24, 2.45) is 0 Å². The molecular formula is C23H17F4N5O2. The van der Waals surface area contributed by atoms with E-state index in [0.29, 0.717) is 22.4 Å². The van der Waals surface area contributed by atoms with Gasteiger partial charge in [0.25, 0.3) is 0 Å². The lowest BCUT2D eigenvalue weighted by atomic mass is 10.0. The number of alkyl halides is 3. The van der Waals surface area contributed by atoms with Gasteiger partial charge in [-0.3, -0.25) is 5.01 Å². The maximum Gasteiger partial charge on any atom is 0.409 e. The molecule has 0 saturated carbocycles. The zero-order chi connectivity index (χ0) is 24.3. The van der Waals surface area contributed by atoms with E-state index in [1.807, 2.05) is 0 Å². The van der Waals surface area contributed by atoms with Crippen LogP contribution in [-0.4, -0.2) is 33.3 Å². The topological polar surface area (TPSA) is 90.4 Å². The number of hydrogen-bond acceptors (Lipinski definition) is 6. The Labute approximate surface area is 191 Å². The summed E-state index contributed by atoms with van der Waals surface area (Å²) in [5.74, 6) is -1.45. The number of carboxylic acid groups (broad SMARTS) is 1. The molecule has 1 aliphatic rings. The third-order valence-corrected chi connectivity index (χ3v) is 4.75. The first-order valence-electron chi connectivity index (χ1n) is 9.90. The zero-order valence-electron chi connectivity index (χ0n) is 17.3. The van der Waals surface area contributed by atoms with E-state index in [-0.39, 0.29) is 11.8 Å². The van der Waals surface area contributed by atoms with E-state index in [0.717, 1.165) is 17.2 Å². The molecule has 34 heavy (non-hydrogen) atoms. The predicted molar refractivity (Wildman–Crippen MR) is 118 cm³/mol. The van der Waals surface area contributed by atoms with E-state index >= 15 is 0 Å². The normalized spacial score (nSPS) is 15.8. The molecule has 4 rings (SSSR count). The van der Waals surface area contributed by atoms with Gasteiger partial charge in [-0.05, 0) is 47.5 Å². The van der Waals surface area contributed by atoms with Gasteiger partial charge in [0.2, 0.25) is 5.95 Å². The van der Waals surface area contributed by atoms with E-state index in [2.05, 4.69) is 20.7 Å². The average Bonchev–Trinajstić information content (AvgIpc) is 3.29. The number of hydrazine groups is 1. The van der Waals surface area contributed by atoms with Gasteiger partial charge in [0.05, 0.1) is 0 Å². The highest BCUT2D eigenvalue weighted by molar-refractivity contribution is 5.86. The summed E-state index contributed by atoms with van der Waals surface area (Å²) in [6.45, 7) is 0. The second kappa shape index (κ2) is 9.32. The molecule has 0 aliphatic carbocycles. The molecule has 174 valence electrons. The summed E-state index contributed by atoms with van der Waals surface area (Å²) in [5, 5.41) is 12.8. The molecule has 3 aromatic rings. The summed E-state index contributed by atoms with van der Waals surface area (Å²) >= 11 is 0. The monoisotopic (exact) mass is 471 g/mol. The number of nitrogens with one attached hydrogen (secondary N) is 2. The van der Waals surface area contributed by atoms with E-state index in [1.165, 1.54) is 36.7 Å². The lowest BCUT2D eigenvalue weighted by Gasteiger charge is -2.23. The van der Waals surface area contributed by atoms with Gasteiger partial charge in [0.15, 0.2) is 5.82 Å². The number of carbonyl (C=O) groups is 1. The van der Waals surface area contributed by atoms with Crippen molar-refractivity contribution >= 4 is 29.5 Å². The van der Waals surface area contributed by atoms with E-state index in [1.54, 1.807) is 30.3 Å². The molecule has 0 saturated heterocycles. The second-order valence-electron chi connectivity index (χ2n) is 7.22. The van der Waals surface area contributed by atoms with Gasteiger partial charge in [-0.2, -0.15) is 18.2 Å². The van der Waals surface area contributed by atoms with Crippen molar-refractivity contribution in [3.63, 3.8) is 0 Å². The highest BCUT2D eigenvalue weighted by atomic mass is 19.4. The standard InChI is InChI=1S/C23H17F4N5O2/c24-16-5-2-6-17(12-16)29-22-28-13-18(15-4-1-3-14(11-15)7-8-20(33)34)21(30-22)32-10-9-19(31-32)23(25,26)27/h1-13,19,31H,(H,33,34)(H,28,29,30)/b8-7+. The summed E-state index contributed by atoms with van der Waals surface area (Å²) in [5.41, 5.74) is 4.19. The highest BCUT2D eigenvalue weighted by Gasteiger charge is 2.41. The Morgan fingerprint density at radius 3 is 2.68 bits per heavy atom. The molecule has 0 spiro atoms. The summed E-state index contributed by atoms with van der Waals surface area (Å²) in [4.78, 5) is 19.4. The van der Waals surface area contributed by atoms with Gasteiger partial charge in [-0.25, -0.2) is 19.6 Å². The van der Waals surface area contributed by atoms with Crippen molar-refractivity contribution in [3.8, 4) is 11.1 Å². The van der Waals surface area contributed by atoms with Crippen molar-refractivity contribution in [2.45, 2.75) is 12.2 Å². The molecule has 0 radical (unpaired) electrons. The van der Waals surface area contributed by atoms with Crippen LogP contribution < -0.4 is 15.8 Å². The lowest BCUT2D eigenvalue weighted by molar-refractivity contribution is -0.142. The van der Waals surface area contributed by atoms with Crippen LogP contribution in [0.25, 0.3) is 17.2 Å². The van der Waals surface area contributed by atoms with Crippen LogP contribution in [0.1, 0.15) is 5.56 Å². The Balaban J connectivity index is 1.73. The second-order valence-corrected chi connectivity index (χ2v) is 7.22. The molecule has 1 aromatic heterocycles. The number of nitrogens with zero attached hydrogens (tertiary/aromatic N) is 3. The number of carboxylic acids is 1. The number of aromatic nitrogens is 2. The molecule has 11 heteroatoms. The van der Waals surface area contributed by atoms with Crippen LogP contribution in [0.3, 0.4) is 0 Å². The van der Waals surface area contributed by atoms with Crippen LogP contribution in [-0.2, 0) is 4.79 Å². The Morgan fingerprint density at radius 1 is 1.18 bits per heavy atom. The molecule has 1 unspecified atom stereocenters. The maximum absolute atomic E-state index is 13.5. The third kappa shape index (κ3) is 5.38. The number of anilines is 3. The van der Waals surface area contributed by atoms with Crippen LogP contribution >= 0.6 is 0 Å². The van der Waals surface area contributed by atoms with Crippen molar-refractivity contribution in [1.29, 1.82) is 0 Å². The fourth-order valence-electron chi connectivity index (χ4n) is 3.22. The van der Waals surface area contributed by atoms with Crippen LogP contribution in [0.4, 0.5) is 35.0 Å². The smallest absolute Gasteiger partial charge is 0.409 e. The van der Waals surface area contributed by atoms with Gasteiger partial charge in [0, 0.05) is 29.7 Å². The van der Waals surface area contributed by atoms with Gasteiger partial charge in [-0.15, -0.1) is 0 Å². The number of aliphatic carboxylic acids is 1. The van der Waals surface area contributed by atoms with E-state index in [4.69, 9.17) is 5.11 Å². The van der Waals surface area contributed by atoms with E-state index < -0.39 is 24.0 Å². The quantitative estimate of drug-likeness (QED) is 0.348. The fraction of sp³-hybridized carbons (Fsp3) is 0.0870. The van der Waals surface area contributed by atoms with Crippen LogP contribution in [0.2, 0.25) is 0 Å². The van der Waals surface area contributed by atoms with E-state index in [9.17, 15) is 22.4 Å². The van der Waals surface area contributed by atoms with Crippen molar-refractivity contribution < 1.29 is 27.5 Å². The Kier molecular flexibility index (Phi) is 6.28. The summed E-state index contributed by atoms with van der Waals surface area (Å²) in [6, 6.07) is 10.4. The summed E-state index contributed by atoms with van der Waals surface area (Å²) in [6.07, 6.45) is 1.44. The molecule has 0 amide bonds. The number of halogens is 4. The minimum Gasteiger partial charge on any atom is -0.478 e. The number of hydrogen-bond donors (Lipinski definition) is 3. The number of benzene rings is 2. The molecule has 2 aromatic carbocycles. The Hall–Kier alpha value is -4.25. The maximum atomic E-state index is 13.5. The first kappa shape index (κ1) is 22.9. The predicted octanol–water partition coefficient (Wildman–Crippen LogP) is 4.89. The van der Waals surface area contributed by atoms with Crippen LogP contribution in [0.15, 0.2) is 73.1 Å². The fourth-order valence-corrected chi connectivity index (χ4v) is 3.22. The van der Waals surface area contributed by atoms with Crippen LogP contribution in [0.5, 0.6) is 0 Å². The summed E-state index contributed by atoms with van der Waals surface area (Å²) < 4.78 is 53.1. The molecule has 2 heterocycles. The molecule has 1 atom stereocenters. The molecule has 0 fully saturated rings. The minimum absolute atomic E-state index is 0.0388. The van der Waals surface area contributed by atoms with Crippen molar-refractivity contribution in [3.05, 3.63) is 84.5 Å². The molecule has 1 aliphatic heterocycles. The van der Waals surface area contributed by atoms with Gasteiger partial charge in [0.1, 0.15) is 11.9 Å². The molecular weight excluding hydrogens is 454 g/mol. The summed E-state index contributed by atoms with van der Waals surface area (Å²) in [7, 11) is 0. The van der Waals surface area contributed by atoms with Crippen LogP contribution in [0, 0.1) is 5.82 Å². The third-order valence-electron chi connectivity index (χ3n) is 4.75. The van der Waals surface area contributed by atoms with Crippen molar-refractivity contribution in [1.82, 2.24) is 15.4 Å². The molecule has 0 bridgehead atoms. The molecule has 7 nitrogen and oxygen atoms in total. The Morgan fingerprint density at radius 2 is 1.97 bits per heavy atom. The average molecular weight is 471 g/mol. The highest BCUT2D eigenvalue weighted by Crippen LogP contribution is 2.33. The zero-order valence-corrected chi connectivity index (χ0v) is 17.3. The first-order chi connectivity index (χ1) is 16.2.